The summed E-state index contributed by atoms with van der Waals surface area (Å²) in [7, 11) is 3.53. The first-order chi connectivity index (χ1) is 14.5. The smallest absolute Gasteiger partial charge is 0.340 e. The summed E-state index contributed by atoms with van der Waals surface area (Å²) >= 11 is 0. The van der Waals surface area contributed by atoms with Gasteiger partial charge >= 0.3 is 5.69 Å². The standard InChI is InChI=1S/C21H21FN6O2/c1-27(13-19-23-21(29)25-24-19)11-15-12-28(17-6-8-18(30-2)9-7-17)26-20(15)14-4-3-5-16(22)10-14/h3-10,12H,11,13H2,1-2H3,(H2,23,24,25,29). The molecule has 0 spiro atoms. The Balaban J connectivity index is 1.67. The van der Waals surface area contributed by atoms with Crippen LogP contribution < -0.4 is 10.4 Å². The molecule has 0 radical (unpaired) electrons. The zero-order valence-electron chi connectivity index (χ0n) is 16.6. The van der Waals surface area contributed by atoms with E-state index < -0.39 is 0 Å². The highest BCUT2D eigenvalue weighted by atomic mass is 19.1. The van der Waals surface area contributed by atoms with Crippen LogP contribution in [0.25, 0.3) is 16.9 Å². The van der Waals surface area contributed by atoms with Crippen LogP contribution in [0.1, 0.15) is 11.4 Å². The number of benzene rings is 2. The minimum Gasteiger partial charge on any atom is -0.497 e. The summed E-state index contributed by atoms with van der Waals surface area (Å²) in [6, 6.07) is 13.9. The fourth-order valence-corrected chi connectivity index (χ4v) is 3.25. The lowest BCUT2D eigenvalue weighted by molar-refractivity contribution is 0.311. The van der Waals surface area contributed by atoms with Crippen molar-refractivity contribution in [3.63, 3.8) is 0 Å². The maximum Gasteiger partial charge on any atom is 0.340 e. The van der Waals surface area contributed by atoms with Crippen LogP contribution in [-0.2, 0) is 13.1 Å². The molecule has 9 heteroatoms. The molecule has 4 rings (SSSR count). The summed E-state index contributed by atoms with van der Waals surface area (Å²) in [5, 5.41) is 11.0. The van der Waals surface area contributed by atoms with Crippen molar-refractivity contribution in [3.05, 3.63) is 82.4 Å². The van der Waals surface area contributed by atoms with Gasteiger partial charge < -0.3 is 4.74 Å². The normalized spacial score (nSPS) is 11.2. The summed E-state index contributed by atoms with van der Waals surface area (Å²) in [5.41, 5.74) is 2.81. The number of methoxy groups -OCH3 is 1. The SMILES string of the molecule is COc1ccc(-n2cc(CN(C)Cc3n[nH]c(=O)[nH]3)c(-c3cccc(F)c3)n2)cc1. The number of aromatic nitrogens is 5. The lowest BCUT2D eigenvalue weighted by atomic mass is 10.1. The molecule has 2 aromatic heterocycles. The fourth-order valence-electron chi connectivity index (χ4n) is 3.25. The number of aromatic amines is 2. The first-order valence-electron chi connectivity index (χ1n) is 9.33. The van der Waals surface area contributed by atoms with Gasteiger partial charge in [-0.15, -0.1) is 0 Å². The summed E-state index contributed by atoms with van der Waals surface area (Å²) in [6.07, 6.45) is 1.92. The Morgan fingerprint density at radius 2 is 1.97 bits per heavy atom. The molecule has 0 saturated heterocycles. The van der Waals surface area contributed by atoms with E-state index in [1.54, 1.807) is 17.9 Å². The molecule has 0 aliphatic rings. The van der Waals surface area contributed by atoms with Crippen molar-refractivity contribution in [2.75, 3.05) is 14.2 Å². The zero-order chi connectivity index (χ0) is 21.1. The molecule has 0 fully saturated rings. The molecular weight excluding hydrogens is 387 g/mol. The quantitative estimate of drug-likeness (QED) is 0.491. The van der Waals surface area contributed by atoms with Crippen molar-refractivity contribution in [3.8, 4) is 22.7 Å². The monoisotopic (exact) mass is 408 g/mol. The number of nitrogens with one attached hydrogen (secondary N) is 2. The van der Waals surface area contributed by atoms with Crippen LogP contribution >= 0.6 is 0 Å². The van der Waals surface area contributed by atoms with Crippen LogP contribution in [0.3, 0.4) is 0 Å². The van der Waals surface area contributed by atoms with Gasteiger partial charge in [0, 0.05) is 23.9 Å². The second-order valence-electron chi connectivity index (χ2n) is 6.95. The first-order valence-corrected chi connectivity index (χ1v) is 9.33. The van der Waals surface area contributed by atoms with Gasteiger partial charge in [-0.1, -0.05) is 12.1 Å². The van der Waals surface area contributed by atoms with Gasteiger partial charge in [0.25, 0.3) is 0 Å². The molecule has 0 unspecified atom stereocenters. The highest BCUT2D eigenvalue weighted by molar-refractivity contribution is 5.63. The third-order valence-corrected chi connectivity index (χ3v) is 4.64. The van der Waals surface area contributed by atoms with Crippen molar-refractivity contribution < 1.29 is 9.13 Å². The summed E-state index contributed by atoms with van der Waals surface area (Å²) in [5.74, 6) is 0.974. The number of H-pyrrole nitrogens is 2. The van der Waals surface area contributed by atoms with Crippen LogP contribution in [0.15, 0.2) is 59.5 Å². The number of hydrogen-bond acceptors (Lipinski definition) is 5. The van der Waals surface area contributed by atoms with Gasteiger partial charge in [-0.05, 0) is 43.4 Å². The molecule has 2 aromatic carbocycles. The maximum atomic E-state index is 13.8. The Kier molecular flexibility index (Phi) is 5.44. The molecule has 4 aromatic rings. The Bertz CT molecular complexity index is 1190. The highest BCUT2D eigenvalue weighted by Crippen LogP contribution is 2.26. The molecule has 0 atom stereocenters. The van der Waals surface area contributed by atoms with Crippen molar-refractivity contribution in [1.29, 1.82) is 0 Å². The predicted molar refractivity (Wildman–Crippen MR) is 110 cm³/mol. The van der Waals surface area contributed by atoms with E-state index in [4.69, 9.17) is 9.84 Å². The second kappa shape index (κ2) is 8.34. The van der Waals surface area contributed by atoms with Crippen LogP contribution in [0.5, 0.6) is 5.75 Å². The molecule has 2 N–H and O–H groups in total. The van der Waals surface area contributed by atoms with Crippen molar-refractivity contribution in [2.45, 2.75) is 13.1 Å². The zero-order valence-corrected chi connectivity index (χ0v) is 16.6. The Morgan fingerprint density at radius 1 is 1.17 bits per heavy atom. The van der Waals surface area contributed by atoms with Gasteiger partial charge in [0.15, 0.2) is 0 Å². The minimum absolute atomic E-state index is 0.320. The molecule has 154 valence electrons. The first kappa shape index (κ1) is 19.6. The fraction of sp³-hybridized carbons (Fsp3) is 0.190. The molecule has 0 bridgehead atoms. The molecule has 0 saturated carbocycles. The van der Waals surface area contributed by atoms with Crippen LogP contribution in [0.4, 0.5) is 4.39 Å². The number of halogens is 1. The molecule has 0 aliphatic heterocycles. The van der Waals surface area contributed by atoms with Gasteiger partial charge in [0.1, 0.15) is 17.4 Å². The maximum absolute atomic E-state index is 13.8. The van der Waals surface area contributed by atoms with E-state index >= 15 is 0 Å². The largest absolute Gasteiger partial charge is 0.497 e. The van der Waals surface area contributed by atoms with Gasteiger partial charge in [0.05, 0.1) is 25.0 Å². The second-order valence-corrected chi connectivity index (χ2v) is 6.95. The summed E-state index contributed by atoms with van der Waals surface area (Å²) in [6.45, 7) is 0.964. The van der Waals surface area contributed by atoms with E-state index in [1.807, 2.05) is 48.5 Å². The minimum atomic E-state index is -0.342. The van der Waals surface area contributed by atoms with E-state index in [-0.39, 0.29) is 11.5 Å². The number of rotatable bonds is 7. The van der Waals surface area contributed by atoms with Crippen LogP contribution in [0.2, 0.25) is 0 Å². The molecule has 2 heterocycles. The number of ether oxygens (including phenoxy) is 1. The van der Waals surface area contributed by atoms with E-state index in [0.29, 0.717) is 30.2 Å². The molecule has 0 amide bonds. The van der Waals surface area contributed by atoms with E-state index in [9.17, 15) is 9.18 Å². The lowest BCUT2D eigenvalue weighted by Crippen LogP contribution is -2.18. The van der Waals surface area contributed by atoms with Crippen molar-refractivity contribution >= 4 is 0 Å². The summed E-state index contributed by atoms with van der Waals surface area (Å²) in [4.78, 5) is 15.9. The molecular formula is C21H21FN6O2. The highest BCUT2D eigenvalue weighted by Gasteiger charge is 2.15. The van der Waals surface area contributed by atoms with Gasteiger partial charge in [-0.2, -0.15) is 10.2 Å². The van der Waals surface area contributed by atoms with Crippen LogP contribution in [-0.4, -0.2) is 44.0 Å². The van der Waals surface area contributed by atoms with Gasteiger partial charge in [-0.25, -0.2) is 19.0 Å². The summed E-state index contributed by atoms with van der Waals surface area (Å²) < 4.78 is 20.8. The Morgan fingerprint density at radius 3 is 2.63 bits per heavy atom. The molecule has 30 heavy (non-hydrogen) atoms. The van der Waals surface area contributed by atoms with E-state index in [2.05, 4.69) is 15.2 Å². The van der Waals surface area contributed by atoms with E-state index in [0.717, 1.165) is 17.0 Å². The lowest BCUT2D eigenvalue weighted by Gasteiger charge is -2.14. The van der Waals surface area contributed by atoms with E-state index in [1.165, 1.54) is 12.1 Å². The van der Waals surface area contributed by atoms with Gasteiger partial charge in [0.2, 0.25) is 0 Å². The number of nitrogens with zero attached hydrogens (tertiary/aromatic N) is 4. The third kappa shape index (κ3) is 4.31. The topological polar surface area (TPSA) is 91.8 Å². The third-order valence-electron chi connectivity index (χ3n) is 4.64. The van der Waals surface area contributed by atoms with Crippen LogP contribution in [0, 0.1) is 5.82 Å². The predicted octanol–water partition coefficient (Wildman–Crippen LogP) is 2.73. The number of hydrogen-bond donors (Lipinski definition) is 2. The molecule has 8 nitrogen and oxygen atoms in total. The average Bonchev–Trinajstić information content (AvgIpc) is 3.34. The van der Waals surface area contributed by atoms with Gasteiger partial charge in [-0.3, -0.25) is 9.88 Å². The van der Waals surface area contributed by atoms with Crippen molar-refractivity contribution in [1.82, 2.24) is 29.9 Å². The molecule has 0 aliphatic carbocycles. The average molecular weight is 408 g/mol. The Hall–Kier alpha value is -3.72. The Labute approximate surface area is 171 Å². The van der Waals surface area contributed by atoms with Crippen molar-refractivity contribution in [2.24, 2.45) is 0 Å².